The number of para-hydroxylation sites is 1. The van der Waals surface area contributed by atoms with Crippen LogP contribution in [0.1, 0.15) is 50.4 Å². The van der Waals surface area contributed by atoms with E-state index in [2.05, 4.69) is 130 Å². The maximum absolute atomic E-state index is 4.16. The van der Waals surface area contributed by atoms with Gasteiger partial charge in [-0.1, -0.05) is 88.2 Å². The first-order chi connectivity index (χ1) is 18.0. The molecule has 0 aliphatic carbocycles. The lowest BCUT2D eigenvalue weighted by Crippen LogP contribution is -2.29. The molecule has 2 nitrogen and oxygen atoms in total. The summed E-state index contributed by atoms with van der Waals surface area (Å²) in [7, 11) is 0. The third-order valence-corrected chi connectivity index (χ3v) is 6.52. The molecule has 1 heterocycles. The second kappa shape index (κ2) is 13.3. The van der Waals surface area contributed by atoms with E-state index in [1.165, 1.54) is 27.5 Å². The van der Waals surface area contributed by atoms with Gasteiger partial charge in [0.05, 0.1) is 0 Å². The number of anilines is 1. The van der Waals surface area contributed by atoms with Crippen molar-refractivity contribution in [3.8, 4) is 5.69 Å². The first-order valence-corrected chi connectivity index (χ1v) is 13.1. The highest BCUT2D eigenvalue weighted by Crippen LogP contribution is 2.26. The third kappa shape index (κ3) is 6.03. The molecule has 0 amide bonds. The molecule has 0 N–H and O–H groups in total. The minimum absolute atomic E-state index is 0.911. The predicted molar refractivity (Wildman–Crippen MR) is 165 cm³/mol. The largest absolute Gasteiger partial charge is 0.342 e. The minimum Gasteiger partial charge on any atom is -0.342 e. The second-order valence-corrected chi connectivity index (χ2v) is 8.90. The molecule has 0 aliphatic heterocycles. The summed E-state index contributed by atoms with van der Waals surface area (Å²) in [5, 5.41) is 2.48. The van der Waals surface area contributed by atoms with Gasteiger partial charge in [-0.3, -0.25) is 0 Å². The highest BCUT2D eigenvalue weighted by molar-refractivity contribution is 5.88. The lowest BCUT2D eigenvalue weighted by molar-refractivity contribution is 0.861. The summed E-state index contributed by atoms with van der Waals surface area (Å²) in [6.45, 7) is 21.6. The van der Waals surface area contributed by atoms with Gasteiger partial charge < -0.3 is 9.47 Å². The van der Waals surface area contributed by atoms with E-state index in [9.17, 15) is 0 Å². The summed E-state index contributed by atoms with van der Waals surface area (Å²) < 4.78 is 2.36. The Morgan fingerprint density at radius 1 is 0.946 bits per heavy atom. The van der Waals surface area contributed by atoms with Crippen LogP contribution in [0.4, 0.5) is 5.69 Å². The van der Waals surface area contributed by atoms with Gasteiger partial charge in [-0.05, 0) is 80.3 Å². The zero-order valence-corrected chi connectivity index (χ0v) is 22.9. The number of aromatic nitrogens is 1. The Kier molecular flexibility index (Phi) is 9.92. The Bertz CT molecular complexity index is 1410. The molecule has 0 radical (unpaired) electrons. The molecule has 0 aliphatic rings. The summed E-state index contributed by atoms with van der Waals surface area (Å²) in [6, 6.07) is 19.3. The molecular weight excluding hydrogens is 448 g/mol. The van der Waals surface area contributed by atoms with Crippen molar-refractivity contribution < 1.29 is 0 Å². The van der Waals surface area contributed by atoms with Gasteiger partial charge in [-0.2, -0.15) is 0 Å². The van der Waals surface area contributed by atoms with Crippen molar-refractivity contribution in [3.63, 3.8) is 0 Å². The van der Waals surface area contributed by atoms with Gasteiger partial charge in [0.1, 0.15) is 0 Å². The van der Waals surface area contributed by atoms with Crippen LogP contribution in [-0.4, -0.2) is 11.1 Å². The fourth-order valence-corrected chi connectivity index (χ4v) is 4.81. The van der Waals surface area contributed by atoms with Crippen molar-refractivity contribution in [3.05, 3.63) is 132 Å². The van der Waals surface area contributed by atoms with Gasteiger partial charge in [-0.15, -0.1) is 0 Å². The van der Waals surface area contributed by atoms with Gasteiger partial charge in [-0.25, -0.2) is 0 Å². The van der Waals surface area contributed by atoms with Crippen molar-refractivity contribution in [2.45, 2.75) is 40.5 Å². The molecule has 0 bridgehead atoms. The minimum atomic E-state index is 0.911. The number of hydrogen-bond donors (Lipinski definition) is 0. The second-order valence-electron chi connectivity index (χ2n) is 8.90. The molecule has 0 saturated heterocycles. The van der Waals surface area contributed by atoms with E-state index in [1.54, 1.807) is 0 Å². The summed E-state index contributed by atoms with van der Waals surface area (Å²) in [4.78, 5) is 2.27. The van der Waals surface area contributed by atoms with Gasteiger partial charge in [0, 0.05) is 45.4 Å². The van der Waals surface area contributed by atoms with Crippen molar-refractivity contribution in [1.29, 1.82) is 0 Å². The van der Waals surface area contributed by atoms with Crippen LogP contribution >= 0.6 is 0 Å². The van der Waals surface area contributed by atoms with Gasteiger partial charge in [0.15, 0.2) is 0 Å². The maximum atomic E-state index is 4.16. The number of rotatable bonds is 11. The summed E-state index contributed by atoms with van der Waals surface area (Å²) in [5.74, 6) is 0. The molecule has 1 aromatic heterocycles. The predicted octanol–water partition coefficient (Wildman–Crippen LogP) is 7.98. The molecule has 2 heteroatoms. The van der Waals surface area contributed by atoms with Crippen LogP contribution in [0, 0.1) is 6.92 Å². The number of allylic oxidation sites excluding steroid dienone is 5. The SMILES string of the molecule is C=C/C=C(\C=C)N(CCC)c1ccc(/C(C=C)=C/c2c(C)n(-c3ccccc3)c(=C/CC)/c2=C\C)cc1. The Hall–Kier alpha value is -4.04. The first-order valence-electron chi connectivity index (χ1n) is 13.1. The molecule has 2 aromatic carbocycles. The van der Waals surface area contributed by atoms with Crippen molar-refractivity contribution in [1.82, 2.24) is 4.57 Å². The Balaban J connectivity index is 2.14. The van der Waals surface area contributed by atoms with Crippen molar-refractivity contribution >= 4 is 29.5 Å². The molecule has 0 unspecified atom stereocenters. The Morgan fingerprint density at radius 3 is 2.19 bits per heavy atom. The van der Waals surface area contributed by atoms with Crippen molar-refractivity contribution in [2.75, 3.05) is 11.4 Å². The van der Waals surface area contributed by atoms with E-state index >= 15 is 0 Å². The molecule has 0 spiro atoms. The summed E-state index contributed by atoms with van der Waals surface area (Å²) >= 11 is 0. The van der Waals surface area contributed by atoms with Crippen LogP contribution in [0.25, 0.3) is 29.5 Å². The zero-order chi connectivity index (χ0) is 26.8. The van der Waals surface area contributed by atoms with Crippen LogP contribution in [0.2, 0.25) is 0 Å². The molecular formula is C35H40N2. The van der Waals surface area contributed by atoms with E-state index in [-0.39, 0.29) is 0 Å². The molecule has 190 valence electrons. The van der Waals surface area contributed by atoms with E-state index in [0.717, 1.165) is 41.9 Å². The highest BCUT2D eigenvalue weighted by Gasteiger charge is 2.13. The zero-order valence-electron chi connectivity index (χ0n) is 22.9. The monoisotopic (exact) mass is 488 g/mol. The van der Waals surface area contributed by atoms with Crippen LogP contribution in [0.3, 0.4) is 0 Å². The van der Waals surface area contributed by atoms with Gasteiger partial charge in [0.2, 0.25) is 0 Å². The van der Waals surface area contributed by atoms with E-state index in [1.807, 2.05) is 24.3 Å². The lowest BCUT2D eigenvalue weighted by Gasteiger charge is -2.25. The van der Waals surface area contributed by atoms with E-state index < -0.39 is 0 Å². The Labute approximate surface area is 223 Å². The fraction of sp³-hybridized carbons (Fsp3) is 0.200. The normalized spacial score (nSPS) is 13.1. The topological polar surface area (TPSA) is 8.17 Å². The highest BCUT2D eigenvalue weighted by atomic mass is 15.1. The summed E-state index contributed by atoms with van der Waals surface area (Å²) in [6.07, 6.45) is 16.4. The first kappa shape index (κ1) is 27.5. The standard InChI is InChI=1S/C35H40N2/c1-8-17-30(12-5)36(25-10-3)31-23-21-29(22-24-31)28(11-4)26-34-27(7)37(32-19-15-14-16-20-32)35(18-9-2)33(34)13-6/h8,11-24,26H,1,4-5,9-10,25H2,2-3,6-7H3/b28-26+,30-17+,33-13-,35-18+. The average Bonchev–Trinajstić information content (AvgIpc) is 3.19. The number of hydrogen-bond acceptors (Lipinski definition) is 1. The number of benzene rings is 2. The maximum Gasteiger partial charge on any atom is 0.0494 e. The fourth-order valence-electron chi connectivity index (χ4n) is 4.81. The average molecular weight is 489 g/mol. The molecule has 0 saturated carbocycles. The van der Waals surface area contributed by atoms with Gasteiger partial charge >= 0.3 is 0 Å². The van der Waals surface area contributed by atoms with Crippen molar-refractivity contribution in [2.24, 2.45) is 0 Å². The van der Waals surface area contributed by atoms with Crippen LogP contribution in [0.15, 0.2) is 104 Å². The molecule has 3 aromatic rings. The van der Waals surface area contributed by atoms with E-state index in [4.69, 9.17) is 0 Å². The van der Waals surface area contributed by atoms with E-state index in [0.29, 0.717) is 0 Å². The van der Waals surface area contributed by atoms with Crippen LogP contribution in [0.5, 0.6) is 0 Å². The molecule has 0 fully saturated rings. The molecule has 37 heavy (non-hydrogen) atoms. The third-order valence-electron chi connectivity index (χ3n) is 6.52. The smallest absolute Gasteiger partial charge is 0.0494 e. The lowest BCUT2D eigenvalue weighted by atomic mass is 10.0. The molecule has 3 rings (SSSR count). The quantitative estimate of drug-likeness (QED) is 0.248. The van der Waals surface area contributed by atoms with Crippen LogP contribution in [-0.2, 0) is 0 Å². The van der Waals surface area contributed by atoms with Crippen LogP contribution < -0.4 is 15.5 Å². The summed E-state index contributed by atoms with van der Waals surface area (Å²) in [5.41, 5.74) is 8.03. The number of nitrogens with zero attached hydrogens (tertiary/aromatic N) is 2. The Morgan fingerprint density at radius 2 is 1.65 bits per heavy atom. The molecule has 0 atom stereocenters. The van der Waals surface area contributed by atoms with Gasteiger partial charge in [0.25, 0.3) is 0 Å².